The summed E-state index contributed by atoms with van der Waals surface area (Å²) in [5, 5.41) is 6.97. The highest BCUT2D eigenvalue weighted by molar-refractivity contribution is 5.74. The van der Waals surface area contributed by atoms with Crippen LogP contribution in [0.2, 0.25) is 0 Å². The number of rotatable bonds is 5. The van der Waals surface area contributed by atoms with E-state index in [-0.39, 0.29) is 12.1 Å². The van der Waals surface area contributed by atoms with E-state index < -0.39 is 0 Å². The fourth-order valence-corrected chi connectivity index (χ4v) is 3.30. The van der Waals surface area contributed by atoms with Crippen LogP contribution in [0.5, 0.6) is 0 Å². The maximum Gasteiger partial charge on any atom is 0.317 e. The van der Waals surface area contributed by atoms with Gasteiger partial charge in [-0.15, -0.1) is 0 Å². The van der Waals surface area contributed by atoms with Gasteiger partial charge in [0.1, 0.15) is 5.76 Å². The summed E-state index contributed by atoms with van der Waals surface area (Å²) < 4.78 is 5.28. The number of hydrogen-bond acceptors (Lipinski definition) is 6. The number of anilines is 1. The van der Waals surface area contributed by atoms with Crippen molar-refractivity contribution < 1.29 is 9.32 Å². The summed E-state index contributed by atoms with van der Waals surface area (Å²) in [6.45, 7) is 6.04. The molecule has 0 spiro atoms. The third-order valence-corrected chi connectivity index (χ3v) is 4.97. The van der Waals surface area contributed by atoms with E-state index in [2.05, 4.69) is 25.3 Å². The molecule has 1 aliphatic heterocycles. The van der Waals surface area contributed by atoms with Crippen molar-refractivity contribution in [2.75, 3.05) is 25.0 Å². The number of carbonyl (C=O) groups is 1. The summed E-state index contributed by atoms with van der Waals surface area (Å²) in [6.07, 6.45) is 6.07. The SMILES string of the molecule is CCc1onc(C)c1CNC(=O)N(C)C1CCN(c2ncccn2)CC1. The van der Waals surface area contributed by atoms with Crippen molar-refractivity contribution in [3.8, 4) is 0 Å². The molecule has 1 saturated heterocycles. The van der Waals surface area contributed by atoms with E-state index in [0.29, 0.717) is 6.54 Å². The second-order valence-corrected chi connectivity index (χ2v) is 6.56. The Labute approximate surface area is 153 Å². The average Bonchev–Trinajstić information content (AvgIpc) is 3.06. The molecule has 0 radical (unpaired) electrons. The zero-order valence-corrected chi connectivity index (χ0v) is 15.6. The predicted molar refractivity (Wildman–Crippen MR) is 97.9 cm³/mol. The maximum atomic E-state index is 12.5. The first kappa shape index (κ1) is 18.2. The molecule has 2 amide bonds. The van der Waals surface area contributed by atoms with Crippen molar-refractivity contribution in [1.29, 1.82) is 0 Å². The van der Waals surface area contributed by atoms with Gasteiger partial charge in [-0.2, -0.15) is 0 Å². The molecule has 1 N–H and O–H groups in total. The van der Waals surface area contributed by atoms with Crippen LogP contribution in [-0.4, -0.2) is 52.2 Å². The van der Waals surface area contributed by atoms with Gasteiger partial charge in [-0.25, -0.2) is 14.8 Å². The van der Waals surface area contributed by atoms with Gasteiger partial charge in [-0.3, -0.25) is 0 Å². The number of piperidine rings is 1. The first-order chi connectivity index (χ1) is 12.6. The zero-order valence-electron chi connectivity index (χ0n) is 15.6. The molecule has 2 aromatic heterocycles. The maximum absolute atomic E-state index is 12.5. The van der Waals surface area contributed by atoms with Crippen molar-refractivity contribution in [3.63, 3.8) is 0 Å². The molecule has 0 aromatic carbocycles. The van der Waals surface area contributed by atoms with Gasteiger partial charge < -0.3 is 19.6 Å². The second-order valence-electron chi connectivity index (χ2n) is 6.56. The van der Waals surface area contributed by atoms with Gasteiger partial charge in [0, 0.05) is 57.1 Å². The van der Waals surface area contributed by atoms with Gasteiger partial charge in [-0.1, -0.05) is 12.1 Å². The highest BCUT2D eigenvalue weighted by atomic mass is 16.5. The highest BCUT2D eigenvalue weighted by Crippen LogP contribution is 2.19. The molecule has 26 heavy (non-hydrogen) atoms. The number of urea groups is 1. The van der Waals surface area contributed by atoms with Crippen LogP contribution in [0.3, 0.4) is 0 Å². The van der Waals surface area contributed by atoms with Crippen LogP contribution in [0.25, 0.3) is 0 Å². The van der Waals surface area contributed by atoms with E-state index in [1.165, 1.54) is 0 Å². The largest absolute Gasteiger partial charge is 0.361 e. The van der Waals surface area contributed by atoms with Gasteiger partial charge in [0.2, 0.25) is 5.95 Å². The van der Waals surface area contributed by atoms with Gasteiger partial charge in [0.25, 0.3) is 0 Å². The van der Waals surface area contributed by atoms with Gasteiger partial charge >= 0.3 is 6.03 Å². The molecule has 2 aromatic rings. The minimum atomic E-state index is -0.0675. The van der Waals surface area contributed by atoms with Crippen molar-refractivity contribution in [3.05, 3.63) is 35.5 Å². The molecular weight excluding hydrogens is 332 g/mol. The fourth-order valence-electron chi connectivity index (χ4n) is 3.30. The lowest BCUT2D eigenvalue weighted by Crippen LogP contribution is -2.49. The molecule has 0 bridgehead atoms. The monoisotopic (exact) mass is 358 g/mol. The third kappa shape index (κ3) is 3.95. The number of nitrogens with one attached hydrogen (secondary N) is 1. The lowest BCUT2D eigenvalue weighted by Gasteiger charge is -2.36. The quantitative estimate of drug-likeness (QED) is 0.881. The molecule has 3 rings (SSSR count). The van der Waals surface area contributed by atoms with E-state index in [4.69, 9.17) is 4.52 Å². The molecule has 8 heteroatoms. The Hall–Kier alpha value is -2.64. The Morgan fingerprint density at radius 3 is 2.69 bits per heavy atom. The smallest absolute Gasteiger partial charge is 0.317 e. The molecule has 140 valence electrons. The summed E-state index contributed by atoms with van der Waals surface area (Å²) >= 11 is 0. The molecule has 1 fully saturated rings. The van der Waals surface area contributed by atoms with E-state index in [9.17, 15) is 4.79 Å². The Balaban J connectivity index is 1.51. The van der Waals surface area contributed by atoms with Gasteiger partial charge in [0.05, 0.1) is 5.69 Å². The standard InChI is InChI=1S/C18H26N6O2/c1-4-16-15(13(2)22-26-16)12-21-18(25)23(3)14-6-10-24(11-7-14)17-19-8-5-9-20-17/h5,8-9,14H,4,6-7,10-12H2,1-3H3,(H,21,25). The molecule has 8 nitrogen and oxygen atoms in total. The molecule has 0 aliphatic carbocycles. The lowest BCUT2D eigenvalue weighted by atomic mass is 10.0. The van der Waals surface area contributed by atoms with E-state index in [1.807, 2.05) is 27.0 Å². The molecule has 0 atom stereocenters. The summed E-state index contributed by atoms with van der Waals surface area (Å²) in [4.78, 5) is 25.1. The third-order valence-electron chi connectivity index (χ3n) is 4.97. The van der Waals surface area contributed by atoms with Crippen molar-refractivity contribution in [1.82, 2.24) is 25.3 Å². The fraction of sp³-hybridized carbons (Fsp3) is 0.556. The van der Waals surface area contributed by atoms with Crippen LogP contribution in [0.15, 0.2) is 23.0 Å². The number of carbonyl (C=O) groups excluding carboxylic acids is 1. The average molecular weight is 358 g/mol. The summed E-state index contributed by atoms with van der Waals surface area (Å²) in [7, 11) is 1.86. The molecule has 1 aliphatic rings. The van der Waals surface area contributed by atoms with Crippen LogP contribution in [0.1, 0.15) is 36.8 Å². The molecule has 0 unspecified atom stereocenters. The summed E-state index contributed by atoms with van der Waals surface area (Å²) in [6, 6.07) is 1.96. The number of aromatic nitrogens is 3. The van der Waals surface area contributed by atoms with Gasteiger partial charge in [-0.05, 0) is 25.8 Å². The van der Waals surface area contributed by atoms with Crippen LogP contribution in [-0.2, 0) is 13.0 Å². The minimum absolute atomic E-state index is 0.0675. The molecule has 0 saturated carbocycles. The Morgan fingerprint density at radius 1 is 1.35 bits per heavy atom. The zero-order chi connectivity index (χ0) is 18.5. The van der Waals surface area contributed by atoms with E-state index >= 15 is 0 Å². The van der Waals surface area contributed by atoms with Crippen molar-refractivity contribution in [2.24, 2.45) is 0 Å². The molecule has 3 heterocycles. The number of nitrogens with zero attached hydrogens (tertiary/aromatic N) is 5. The number of aryl methyl sites for hydroxylation is 2. The topological polar surface area (TPSA) is 87.4 Å². The number of hydrogen-bond donors (Lipinski definition) is 1. The predicted octanol–water partition coefficient (Wildman–Crippen LogP) is 2.15. The highest BCUT2D eigenvalue weighted by Gasteiger charge is 2.26. The normalized spacial score (nSPS) is 15.1. The van der Waals surface area contributed by atoms with Gasteiger partial charge in [0.15, 0.2) is 0 Å². The van der Waals surface area contributed by atoms with Crippen LogP contribution in [0, 0.1) is 6.92 Å². The first-order valence-corrected chi connectivity index (χ1v) is 9.06. The Kier molecular flexibility index (Phi) is 5.70. The van der Waals surface area contributed by atoms with Crippen LogP contribution in [0.4, 0.5) is 10.7 Å². The summed E-state index contributed by atoms with van der Waals surface area (Å²) in [5.41, 5.74) is 1.81. The molecular formula is C18H26N6O2. The Morgan fingerprint density at radius 2 is 2.04 bits per heavy atom. The summed E-state index contributed by atoms with van der Waals surface area (Å²) in [5.74, 6) is 1.59. The first-order valence-electron chi connectivity index (χ1n) is 9.06. The van der Waals surface area contributed by atoms with E-state index in [1.54, 1.807) is 17.3 Å². The van der Waals surface area contributed by atoms with Crippen LogP contribution >= 0.6 is 0 Å². The Bertz CT molecular complexity index is 725. The lowest BCUT2D eigenvalue weighted by molar-refractivity contribution is 0.179. The van der Waals surface area contributed by atoms with E-state index in [0.717, 1.165) is 55.3 Å². The number of amides is 2. The minimum Gasteiger partial charge on any atom is -0.361 e. The van der Waals surface area contributed by atoms with Crippen molar-refractivity contribution in [2.45, 2.75) is 45.7 Å². The second kappa shape index (κ2) is 8.16. The van der Waals surface area contributed by atoms with Crippen LogP contribution < -0.4 is 10.2 Å². The van der Waals surface area contributed by atoms with Crippen molar-refractivity contribution >= 4 is 12.0 Å².